The zero-order valence-electron chi connectivity index (χ0n) is 20.5. The maximum atomic E-state index is 12.4. The first-order valence-corrected chi connectivity index (χ1v) is 13.0. The lowest BCUT2D eigenvalue weighted by Crippen LogP contribution is -2.30. The number of hydrogen-bond acceptors (Lipinski definition) is 3. The van der Waals surface area contributed by atoms with Crippen molar-refractivity contribution in [3.05, 3.63) is 90.0 Å². The molecule has 0 spiro atoms. The Morgan fingerprint density at radius 3 is 1.60 bits per heavy atom. The predicted octanol–water partition coefficient (Wildman–Crippen LogP) is 7.54. The lowest BCUT2D eigenvalue weighted by molar-refractivity contribution is 0.0651. The number of imide groups is 1. The maximum Gasteiger partial charge on any atom is 0.261 e. The Labute approximate surface area is 208 Å². The van der Waals surface area contributed by atoms with Gasteiger partial charge in [-0.1, -0.05) is 99.5 Å². The lowest BCUT2D eigenvalue weighted by Gasteiger charge is -2.13. The Hall–Kier alpha value is -3.40. The molecule has 0 bridgehead atoms. The van der Waals surface area contributed by atoms with Crippen molar-refractivity contribution in [1.82, 2.24) is 4.90 Å². The van der Waals surface area contributed by atoms with Gasteiger partial charge in [0.05, 0.1) is 17.7 Å². The summed E-state index contributed by atoms with van der Waals surface area (Å²) in [6.45, 7) is 1.30. The normalized spacial score (nSPS) is 12.7. The third kappa shape index (κ3) is 6.82. The van der Waals surface area contributed by atoms with Crippen LogP contribution >= 0.6 is 0 Å². The van der Waals surface area contributed by atoms with Gasteiger partial charge in [0.2, 0.25) is 0 Å². The average molecular weight is 470 g/mol. The first-order valence-electron chi connectivity index (χ1n) is 13.0. The van der Waals surface area contributed by atoms with Crippen molar-refractivity contribution in [2.45, 2.75) is 57.8 Å². The van der Waals surface area contributed by atoms with E-state index in [9.17, 15) is 9.59 Å². The van der Waals surface area contributed by atoms with Gasteiger partial charge in [-0.15, -0.1) is 0 Å². The SMILES string of the molecule is O=C1c2ccccc2C(=O)N1CCCCCCCCCCCOc1ccc(-c2ccccc2)cc1. The predicted molar refractivity (Wildman–Crippen MR) is 141 cm³/mol. The molecular weight excluding hydrogens is 434 g/mol. The summed E-state index contributed by atoms with van der Waals surface area (Å²) in [7, 11) is 0. The van der Waals surface area contributed by atoms with Crippen LogP contribution in [0.1, 0.15) is 78.5 Å². The molecule has 0 N–H and O–H groups in total. The number of carbonyl (C=O) groups excluding carboxylic acids is 2. The fraction of sp³-hybridized carbons (Fsp3) is 0.355. The van der Waals surface area contributed by atoms with Gasteiger partial charge in [-0.3, -0.25) is 14.5 Å². The van der Waals surface area contributed by atoms with E-state index in [-0.39, 0.29) is 11.8 Å². The van der Waals surface area contributed by atoms with E-state index in [1.807, 2.05) is 18.2 Å². The Morgan fingerprint density at radius 1 is 0.514 bits per heavy atom. The maximum absolute atomic E-state index is 12.4. The fourth-order valence-corrected chi connectivity index (χ4v) is 4.62. The van der Waals surface area contributed by atoms with Gasteiger partial charge >= 0.3 is 0 Å². The minimum Gasteiger partial charge on any atom is -0.494 e. The molecule has 4 nitrogen and oxygen atoms in total. The number of hydrogen-bond donors (Lipinski definition) is 0. The second kappa shape index (κ2) is 12.9. The topological polar surface area (TPSA) is 46.6 Å². The van der Waals surface area contributed by atoms with Crippen molar-refractivity contribution in [1.29, 1.82) is 0 Å². The van der Waals surface area contributed by atoms with Crippen LogP contribution in [0.2, 0.25) is 0 Å². The number of nitrogens with zero attached hydrogens (tertiary/aromatic N) is 1. The monoisotopic (exact) mass is 469 g/mol. The van der Waals surface area contributed by atoms with Crippen LogP contribution in [0.15, 0.2) is 78.9 Å². The number of carbonyl (C=O) groups is 2. The zero-order chi connectivity index (χ0) is 24.3. The quantitative estimate of drug-likeness (QED) is 0.181. The van der Waals surface area contributed by atoms with Gasteiger partial charge in [0.1, 0.15) is 5.75 Å². The zero-order valence-corrected chi connectivity index (χ0v) is 20.5. The van der Waals surface area contributed by atoms with Crippen LogP contribution in [-0.2, 0) is 0 Å². The van der Waals surface area contributed by atoms with E-state index in [2.05, 4.69) is 48.5 Å². The van der Waals surface area contributed by atoms with Crippen molar-refractivity contribution >= 4 is 11.8 Å². The summed E-state index contributed by atoms with van der Waals surface area (Å²) in [5.74, 6) is 0.656. The third-order valence-corrected chi connectivity index (χ3v) is 6.63. The number of amides is 2. The molecule has 4 rings (SSSR count). The second-order valence-corrected chi connectivity index (χ2v) is 9.23. The first-order chi connectivity index (χ1) is 17.2. The summed E-state index contributed by atoms with van der Waals surface area (Å²) >= 11 is 0. The van der Waals surface area contributed by atoms with Gasteiger partial charge in [0.25, 0.3) is 11.8 Å². The summed E-state index contributed by atoms with van der Waals surface area (Å²) in [4.78, 5) is 26.1. The summed E-state index contributed by atoms with van der Waals surface area (Å²) < 4.78 is 5.89. The van der Waals surface area contributed by atoms with Crippen molar-refractivity contribution in [2.75, 3.05) is 13.2 Å². The summed E-state index contributed by atoms with van der Waals surface area (Å²) in [5.41, 5.74) is 3.52. The molecule has 0 saturated heterocycles. The average Bonchev–Trinajstić information content (AvgIpc) is 3.15. The molecule has 0 aliphatic carbocycles. The summed E-state index contributed by atoms with van der Waals surface area (Å²) in [6.07, 6.45) is 10.3. The Bertz CT molecular complexity index is 1060. The van der Waals surface area contributed by atoms with E-state index in [4.69, 9.17) is 4.74 Å². The van der Waals surface area contributed by atoms with Crippen molar-refractivity contribution in [3.63, 3.8) is 0 Å². The highest BCUT2D eigenvalue weighted by molar-refractivity contribution is 6.21. The van der Waals surface area contributed by atoms with E-state index >= 15 is 0 Å². The lowest BCUT2D eigenvalue weighted by atomic mass is 10.1. The van der Waals surface area contributed by atoms with Crippen LogP contribution in [0.4, 0.5) is 0 Å². The van der Waals surface area contributed by atoms with E-state index < -0.39 is 0 Å². The highest BCUT2D eigenvalue weighted by Gasteiger charge is 2.34. The first kappa shape index (κ1) is 24.7. The molecule has 1 aliphatic rings. The van der Waals surface area contributed by atoms with Crippen molar-refractivity contribution in [2.24, 2.45) is 0 Å². The van der Waals surface area contributed by atoms with Gasteiger partial charge in [-0.05, 0) is 48.2 Å². The second-order valence-electron chi connectivity index (χ2n) is 9.23. The molecule has 3 aromatic carbocycles. The number of unbranched alkanes of at least 4 members (excludes halogenated alkanes) is 8. The molecule has 182 valence electrons. The molecule has 3 aromatic rings. The van der Waals surface area contributed by atoms with Crippen LogP contribution in [0.25, 0.3) is 11.1 Å². The molecular formula is C31H35NO3. The highest BCUT2D eigenvalue weighted by atomic mass is 16.5. The molecule has 1 heterocycles. The molecule has 1 aliphatic heterocycles. The summed E-state index contributed by atoms with van der Waals surface area (Å²) in [5, 5.41) is 0. The minimum atomic E-state index is -0.140. The van der Waals surface area contributed by atoms with Gasteiger partial charge in [-0.25, -0.2) is 0 Å². The number of rotatable bonds is 14. The molecule has 2 amide bonds. The van der Waals surface area contributed by atoms with Crippen LogP contribution in [-0.4, -0.2) is 29.9 Å². The molecule has 0 unspecified atom stereocenters. The molecule has 0 atom stereocenters. The van der Waals surface area contributed by atoms with E-state index in [0.29, 0.717) is 17.7 Å². The van der Waals surface area contributed by atoms with E-state index in [1.165, 1.54) is 48.1 Å². The number of fused-ring (bicyclic) bond motifs is 1. The summed E-state index contributed by atoms with van der Waals surface area (Å²) in [6, 6.07) is 25.8. The number of ether oxygens (including phenoxy) is 1. The van der Waals surface area contributed by atoms with Gasteiger partial charge < -0.3 is 4.74 Å². The molecule has 35 heavy (non-hydrogen) atoms. The highest BCUT2D eigenvalue weighted by Crippen LogP contribution is 2.24. The van der Waals surface area contributed by atoms with Gasteiger partial charge in [0, 0.05) is 6.54 Å². The Kier molecular flexibility index (Phi) is 9.11. The fourth-order valence-electron chi connectivity index (χ4n) is 4.62. The number of benzene rings is 3. The molecule has 0 saturated carbocycles. The Morgan fingerprint density at radius 2 is 1.00 bits per heavy atom. The molecule has 0 fully saturated rings. The van der Waals surface area contributed by atoms with Crippen LogP contribution in [0, 0.1) is 0 Å². The molecule has 0 aromatic heterocycles. The molecule has 4 heteroatoms. The van der Waals surface area contributed by atoms with Crippen molar-refractivity contribution < 1.29 is 14.3 Å². The minimum absolute atomic E-state index is 0.140. The third-order valence-electron chi connectivity index (χ3n) is 6.63. The van der Waals surface area contributed by atoms with Crippen LogP contribution < -0.4 is 4.74 Å². The van der Waals surface area contributed by atoms with E-state index in [0.717, 1.165) is 38.0 Å². The Balaban J connectivity index is 0.985. The van der Waals surface area contributed by atoms with Crippen LogP contribution in [0.5, 0.6) is 5.75 Å². The van der Waals surface area contributed by atoms with Crippen molar-refractivity contribution in [3.8, 4) is 16.9 Å². The molecule has 0 radical (unpaired) electrons. The van der Waals surface area contributed by atoms with E-state index in [1.54, 1.807) is 12.1 Å². The largest absolute Gasteiger partial charge is 0.494 e. The van der Waals surface area contributed by atoms with Gasteiger partial charge in [0.15, 0.2) is 0 Å². The standard InChI is InChI=1S/C31H35NO3/c33-30-28-17-11-12-18-29(28)31(34)32(30)23-13-6-4-2-1-3-5-7-14-24-35-27-21-19-26(20-22-27)25-15-9-8-10-16-25/h8-12,15-22H,1-7,13-14,23-24H2. The smallest absolute Gasteiger partial charge is 0.261 e. The van der Waals surface area contributed by atoms with Gasteiger partial charge in [-0.2, -0.15) is 0 Å². The van der Waals surface area contributed by atoms with Crippen LogP contribution in [0.3, 0.4) is 0 Å².